The molecule has 1 aliphatic heterocycles. The number of fused-ring (bicyclic) bond motifs is 1. The minimum Gasteiger partial charge on any atom is -0.471 e. The van der Waals surface area contributed by atoms with Gasteiger partial charge in [-0.05, 0) is 24.6 Å². The number of aromatic nitrogens is 2. The van der Waals surface area contributed by atoms with Crippen LogP contribution in [0.25, 0.3) is 0 Å². The maximum Gasteiger partial charge on any atom is 0.214 e. The van der Waals surface area contributed by atoms with Gasteiger partial charge in [-0.3, -0.25) is 0 Å². The van der Waals surface area contributed by atoms with Gasteiger partial charge in [-0.25, -0.2) is 13.4 Å². The number of rotatable bonds is 5. The minimum atomic E-state index is -3.28. The van der Waals surface area contributed by atoms with Crippen molar-refractivity contribution in [2.75, 3.05) is 12.3 Å². The summed E-state index contributed by atoms with van der Waals surface area (Å²) in [5, 5.41) is 0. The molecule has 3 heterocycles. The molecule has 0 saturated carbocycles. The van der Waals surface area contributed by atoms with Gasteiger partial charge in [0.15, 0.2) is 0 Å². The molecule has 2 aromatic rings. The van der Waals surface area contributed by atoms with Crippen LogP contribution in [0.5, 0.6) is 5.88 Å². The van der Waals surface area contributed by atoms with Crippen LogP contribution in [0.1, 0.15) is 19.0 Å². The lowest BCUT2D eigenvalue weighted by atomic mass is 10.3. The Balaban J connectivity index is 1.86. The normalized spacial score (nSPS) is 19.1. The molecule has 1 atom stereocenters. The smallest absolute Gasteiger partial charge is 0.214 e. The molecular formula is C16H21N3O3S. The van der Waals surface area contributed by atoms with Crippen molar-refractivity contribution in [3.05, 3.63) is 48.4 Å². The zero-order valence-corrected chi connectivity index (χ0v) is 13.9. The summed E-state index contributed by atoms with van der Waals surface area (Å²) in [5.74, 6) is 0.672. The van der Waals surface area contributed by atoms with Crippen molar-refractivity contribution in [2.45, 2.75) is 32.5 Å². The fourth-order valence-electron chi connectivity index (χ4n) is 2.78. The van der Waals surface area contributed by atoms with E-state index < -0.39 is 10.0 Å². The topological polar surface area (TPSA) is 64.4 Å². The average Bonchev–Trinajstić information content (AvgIpc) is 2.87. The third-order valence-electron chi connectivity index (χ3n) is 3.85. The first-order valence-corrected chi connectivity index (χ1v) is 9.39. The molecule has 0 aliphatic carbocycles. The quantitative estimate of drug-likeness (QED) is 0.837. The fourth-order valence-corrected chi connectivity index (χ4v) is 4.28. The Morgan fingerprint density at radius 1 is 1.26 bits per heavy atom. The standard InChI is InChI=1S/C16H21N3O3S/c1-2-10-23(20,21)19-11-14-6-5-9-18(14)12-15(13-19)22-16-7-3-4-8-17-16/h3-9,15H,2,10-13H2,1H3/t15-/m0/s1. The second-order valence-electron chi connectivity index (χ2n) is 5.67. The van der Waals surface area contributed by atoms with Crippen molar-refractivity contribution < 1.29 is 13.2 Å². The summed E-state index contributed by atoms with van der Waals surface area (Å²) < 4.78 is 34.5. The van der Waals surface area contributed by atoms with E-state index in [-0.39, 0.29) is 11.9 Å². The Morgan fingerprint density at radius 3 is 2.87 bits per heavy atom. The van der Waals surface area contributed by atoms with Gasteiger partial charge in [0.2, 0.25) is 15.9 Å². The summed E-state index contributed by atoms with van der Waals surface area (Å²) in [6.45, 7) is 3.20. The first kappa shape index (κ1) is 16.0. The van der Waals surface area contributed by atoms with E-state index in [9.17, 15) is 8.42 Å². The zero-order valence-electron chi connectivity index (χ0n) is 13.1. The lowest BCUT2D eigenvalue weighted by molar-refractivity contribution is 0.154. The molecule has 1 aliphatic rings. The molecule has 3 rings (SSSR count). The molecular weight excluding hydrogens is 314 g/mol. The van der Waals surface area contributed by atoms with Crippen molar-refractivity contribution in [2.24, 2.45) is 0 Å². The van der Waals surface area contributed by atoms with Crippen LogP contribution in [-0.2, 0) is 23.1 Å². The van der Waals surface area contributed by atoms with Crippen molar-refractivity contribution in [1.82, 2.24) is 13.9 Å². The minimum absolute atomic E-state index is 0.157. The molecule has 7 heteroatoms. The maximum atomic E-state index is 12.5. The van der Waals surface area contributed by atoms with Gasteiger partial charge < -0.3 is 9.30 Å². The number of hydrogen-bond donors (Lipinski definition) is 0. The monoisotopic (exact) mass is 335 g/mol. The van der Waals surface area contributed by atoms with Crippen LogP contribution in [-0.4, -0.2) is 40.7 Å². The van der Waals surface area contributed by atoms with E-state index in [2.05, 4.69) is 9.55 Å². The van der Waals surface area contributed by atoms with Crippen molar-refractivity contribution >= 4 is 10.0 Å². The van der Waals surface area contributed by atoms with Crippen molar-refractivity contribution in [3.63, 3.8) is 0 Å². The van der Waals surface area contributed by atoms with Gasteiger partial charge in [-0.2, -0.15) is 4.31 Å². The molecule has 23 heavy (non-hydrogen) atoms. The lowest BCUT2D eigenvalue weighted by Crippen LogP contribution is -2.39. The van der Waals surface area contributed by atoms with E-state index in [0.29, 0.717) is 31.9 Å². The van der Waals surface area contributed by atoms with E-state index in [1.807, 2.05) is 37.4 Å². The summed E-state index contributed by atoms with van der Waals surface area (Å²) in [4.78, 5) is 4.17. The van der Waals surface area contributed by atoms with E-state index >= 15 is 0 Å². The van der Waals surface area contributed by atoms with Gasteiger partial charge in [0.25, 0.3) is 0 Å². The number of pyridine rings is 1. The molecule has 2 aromatic heterocycles. The molecule has 0 saturated heterocycles. The Labute approximate surface area is 136 Å². The van der Waals surface area contributed by atoms with Crippen molar-refractivity contribution in [1.29, 1.82) is 0 Å². The van der Waals surface area contributed by atoms with Gasteiger partial charge in [0.05, 0.1) is 25.4 Å². The molecule has 0 radical (unpaired) electrons. The Kier molecular flexibility index (Phi) is 4.68. The number of sulfonamides is 1. The van der Waals surface area contributed by atoms with Gasteiger partial charge >= 0.3 is 0 Å². The summed E-state index contributed by atoms with van der Waals surface area (Å²) in [6, 6.07) is 9.35. The van der Waals surface area contributed by atoms with E-state index in [0.717, 1.165) is 5.69 Å². The average molecular weight is 335 g/mol. The lowest BCUT2D eigenvalue weighted by Gasteiger charge is -2.23. The molecule has 0 aromatic carbocycles. The van der Waals surface area contributed by atoms with Crippen LogP contribution in [0.4, 0.5) is 0 Å². The second-order valence-corrected chi connectivity index (χ2v) is 7.76. The van der Waals surface area contributed by atoms with Gasteiger partial charge in [0, 0.05) is 24.2 Å². The van der Waals surface area contributed by atoms with Crippen LogP contribution in [0.2, 0.25) is 0 Å². The number of ether oxygens (including phenoxy) is 1. The molecule has 0 N–H and O–H groups in total. The highest BCUT2D eigenvalue weighted by molar-refractivity contribution is 7.89. The van der Waals surface area contributed by atoms with Crippen molar-refractivity contribution in [3.8, 4) is 5.88 Å². The van der Waals surface area contributed by atoms with Gasteiger partial charge in [-0.15, -0.1) is 0 Å². The zero-order chi connectivity index (χ0) is 16.3. The molecule has 0 bridgehead atoms. The van der Waals surface area contributed by atoms with Crippen LogP contribution in [0, 0.1) is 0 Å². The second kappa shape index (κ2) is 6.72. The summed E-state index contributed by atoms with van der Waals surface area (Å²) in [5.41, 5.74) is 0.983. The van der Waals surface area contributed by atoms with Gasteiger partial charge in [0.1, 0.15) is 6.10 Å². The number of nitrogens with zero attached hydrogens (tertiary/aromatic N) is 3. The van der Waals surface area contributed by atoms with E-state index in [1.165, 1.54) is 4.31 Å². The Hall–Kier alpha value is -1.86. The fraction of sp³-hybridized carbons (Fsp3) is 0.438. The van der Waals surface area contributed by atoms with Crippen LogP contribution in [0.15, 0.2) is 42.7 Å². The third-order valence-corrected chi connectivity index (χ3v) is 5.84. The highest BCUT2D eigenvalue weighted by Crippen LogP contribution is 2.20. The molecule has 0 spiro atoms. The maximum absolute atomic E-state index is 12.5. The first-order valence-electron chi connectivity index (χ1n) is 7.78. The highest BCUT2D eigenvalue weighted by atomic mass is 32.2. The number of hydrogen-bond acceptors (Lipinski definition) is 4. The molecule has 0 fully saturated rings. The van der Waals surface area contributed by atoms with E-state index in [4.69, 9.17) is 4.74 Å². The first-order chi connectivity index (χ1) is 11.1. The predicted molar refractivity (Wildman–Crippen MR) is 87.6 cm³/mol. The van der Waals surface area contributed by atoms with Gasteiger partial charge in [-0.1, -0.05) is 13.0 Å². The summed E-state index contributed by atoms with van der Waals surface area (Å²) >= 11 is 0. The molecule has 0 unspecified atom stereocenters. The predicted octanol–water partition coefficient (Wildman–Crippen LogP) is 1.89. The van der Waals surface area contributed by atoms with Crippen LogP contribution >= 0.6 is 0 Å². The largest absolute Gasteiger partial charge is 0.471 e. The Morgan fingerprint density at radius 2 is 2.13 bits per heavy atom. The Bertz CT molecular complexity index is 743. The molecule has 0 amide bonds. The summed E-state index contributed by atoms with van der Waals surface area (Å²) in [6.07, 6.45) is 3.95. The SMILES string of the molecule is CCCS(=O)(=O)N1Cc2cccn2C[C@H](Oc2ccccn2)C1. The van der Waals surface area contributed by atoms with Crippen LogP contribution in [0.3, 0.4) is 0 Å². The van der Waals surface area contributed by atoms with E-state index in [1.54, 1.807) is 12.3 Å². The molecule has 6 nitrogen and oxygen atoms in total. The highest BCUT2D eigenvalue weighted by Gasteiger charge is 2.30. The van der Waals surface area contributed by atoms with Crippen LogP contribution < -0.4 is 4.74 Å². The summed E-state index contributed by atoms with van der Waals surface area (Å²) in [7, 11) is -3.28. The molecule has 124 valence electrons. The third kappa shape index (κ3) is 3.73.